The number of likely N-dealkylation sites (tertiary alicyclic amines) is 1. The quantitative estimate of drug-likeness (QED) is 0.640. The fourth-order valence-electron chi connectivity index (χ4n) is 1.93. The van der Waals surface area contributed by atoms with Crippen LogP contribution < -0.4 is 0 Å². The van der Waals surface area contributed by atoms with Crippen molar-refractivity contribution in [2.75, 3.05) is 6.54 Å². The summed E-state index contributed by atoms with van der Waals surface area (Å²) in [5.41, 5.74) is -0.408. The molecular formula is C13H23NO2. The minimum atomic E-state index is -0.408. The largest absolute Gasteiger partial charge is 0.444 e. The molecular weight excluding hydrogens is 202 g/mol. The predicted octanol–water partition coefficient (Wildman–Crippen LogP) is 3.35. The molecule has 1 saturated heterocycles. The van der Waals surface area contributed by atoms with Crippen LogP contribution in [0.25, 0.3) is 0 Å². The number of nitrogens with zero attached hydrogens (tertiary/aromatic N) is 1. The van der Waals surface area contributed by atoms with Crippen molar-refractivity contribution in [2.24, 2.45) is 0 Å². The van der Waals surface area contributed by atoms with E-state index >= 15 is 0 Å². The zero-order valence-corrected chi connectivity index (χ0v) is 10.8. The molecule has 3 nitrogen and oxygen atoms in total. The molecule has 1 fully saturated rings. The number of hydrogen-bond donors (Lipinski definition) is 0. The highest BCUT2D eigenvalue weighted by Crippen LogP contribution is 2.21. The SMILES string of the molecule is C/C=C\C1CCCCN1C(=O)OC(C)(C)C. The molecule has 1 aliphatic heterocycles. The van der Waals surface area contributed by atoms with Crippen LogP contribution in [0.5, 0.6) is 0 Å². The second-order valence-corrected chi connectivity index (χ2v) is 5.26. The molecule has 0 aromatic rings. The standard InChI is InChI=1S/C13H23NO2/c1-5-8-11-9-6-7-10-14(11)12(15)16-13(2,3)4/h5,8,11H,6-7,9-10H2,1-4H3/b8-5-. The third-order valence-corrected chi connectivity index (χ3v) is 2.59. The minimum absolute atomic E-state index is 0.185. The molecule has 1 atom stereocenters. The number of carbonyl (C=O) groups is 1. The highest BCUT2D eigenvalue weighted by atomic mass is 16.6. The van der Waals surface area contributed by atoms with Gasteiger partial charge in [0.1, 0.15) is 5.60 Å². The molecule has 16 heavy (non-hydrogen) atoms. The van der Waals surface area contributed by atoms with Gasteiger partial charge in [0, 0.05) is 6.54 Å². The summed E-state index contributed by atoms with van der Waals surface area (Å²) in [6.07, 6.45) is 7.22. The summed E-state index contributed by atoms with van der Waals surface area (Å²) in [4.78, 5) is 13.8. The summed E-state index contributed by atoms with van der Waals surface area (Å²) in [6, 6.07) is 0.216. The minimum Gasteiger partial charge on any atom is -0.444 e. The first-order chi connectivity index (χ1) is 7.44. The van der Waals surface area contributed by atoms with Gasteiger partial charge in [-0.25, -0.2) is 4.79 Å². The van der Waals surface area contributed by atoms with Gasteiger partial charge in [0.25, 0.3) is 0 Å². The number of rotatable bonds is 1. The summed E-state index contributed by atoms with van der Waals surface area (Å²) in [5, 5.41) is 0. The van der Waals surface area contributed by atoms with E-state index in [1.54, 1.807) is 0 Å². The number of amides is 1. The summed E-state index contributed by atoms with van der Waals surface area (Å²) < 4.78 is 5.41. The van der Waals surface area contributed by atoms with Crippen molar-refractivity contribution in [2.45, 2.75) is 58.6 Å². The van der Waals surface area contributed by atoms with E-state index in [2.05, 4.69) is 6.08 Å². The van der Waals surface area contributed by atoms with Gasteiger partial charge in [-0.1, -0.05) is 12.2 Å². The summed E-state index contributed by atoms with van der Waals surface area (Å²) in [7, 11) is 0. The fraction of sp³-hybridized carbons (Fsp3) is 0.769. The van der Waals surface area contributed by atoms with Gasteiger partial charge in [-0.05, 0) is 47.0 Å². The van der Waals surface area contributed by atoms with Crippen molar-refractivity contribution in [1.82, 2.24) is 4.90 Å². The summed E-state index contributed by atoms with van der Waals surface area (Å²) in [6.45, 7) is 8.50. The molecule has 0 spiro atoms. The van der Waals surface area contributed by atoms with Crippen LogP contribution in [0.2, 0.25) is 0 Å². The molecule has 0 saturated carbocycles. The van der Waals surface area contributed by atoms with Crippen LogP contribution in [0.1, 0.15) is 47.0 Å². The zero-order chi connectivity index (χ0) is 12.2. The van der Waals surface area contributed by atoms with E-state index in [1.807, 2.05) is 38.7 Å². The molecule has 0 aliphatic carbocycles. The van der Waals surface area contributed by atoms with Crippen molar-refractivity contribution in [3.63, 3.8) is 0 Å². The molecule has 1 rings (SSSR count). The van der Waals surface area contributed by atoms with Gasteiger partial charge in [0.2, 0.25) is 0 Å². The van der Waals surface area contributed by atoms with E-state index in [1.165, 1.54) is 6.42 Å². The van der Waals surface area contributed by atoms with E-state index in [0.717, 1.165) is 19.4 Å². The fourth-order valence-corrected chi connectivity index (χ4v) is 1.93. The Kier molecular flexibility index (Phi) is 4.39. The number of carbonyl (C=O) groups excluding carboxylic acids is 1. The zero-order valence-electron chi connectivity index (χ0n) is 10.8. The lowest BCUT2D eigenvalue weighted by atomic mass is 10.0. The lowest BCUT2D eigenvalue weighted by Gasteiger charge is -2.35. The molecule has 1 unspecified atom stereocenters. The highest BCUT2D eigenvalue weighted by molar-refractivity contribution is 5.69. The first-order valence-electron chi connectivity index (χ1n) is 6.06. The normalized spacial score (nSPS) is 22.5. The van der Waals surface area contributed by atoms with Gasteiger partial charge in [0.15, 0.2) is 0 Å². The lowest BCUT2D eigenvalue weighted by molar-refractivity contribution is 0.0149. The Labute approximate surface area is 98.5 Å². The van der Waals surface area contributed by atoms with Crippen molar-refractivity contribution in [3.05, 3.63) is 12.2 Å². The second-order valence-electron chi connectivity index (χ2n) is 5.26. The van der Waals surface area contributed by atoms with Gasteiger partial charge >= 0.3 is 6.09 Å². The average Bonchev–Trinajstić information content (AvgIpc) is 2.16. The van der Waals surface area contributed by atoms with Gasteiger partial charge in [-0.2, -0.15) is 0 Å². The number of allylic oxidation sites excluding steroid dienone is 1. The van der Waals surface area contributed by atoms with Gasteiger partial charge in [-0.3, -0.25) is 0 Å². The third-order valence-electron chi connectivity index (χ3n) is 2.59. The molecule has 0 N–H and O–H groups in total. The highest BCUT2D eigenvalue weighted by Gasteiger charge is 2.28. The maximum absolute atomic E-state index is 12.0. The molecule has 0 bridgehead atoms. The van der Waals surface area contributed by atoms with E-state index in [9.17, 15) is 4.79 Å². The molecule has 3 heteroatoms. The first-order valence-corrected chi connectivity index (χ1v) is 6.06. The Morgan fingerprint density at radius 1 is 1.38 bits per heavy atom. The van der Waals surface area contributed by atoms with Gasteiger partial charge in [-0.15, -0.1) is 0 Å². The average molecular weight is 225 g/mol. The van der Waals surface area contributed by atoms with Crippen LogP contribution in [0.3, 0.4) is 0 Å². The molecule has 0 aromatic carbocycles. The van der Waals surface area contributed by atoms with Crippen molar-refractivity contribution < 1.29 is 9.53 Å². The molecule has 1 heterocycles. The summed E-state index contributed by atoms with van der Waals surface area (Å²) in [5.74, 6) is 0. The van der Waals surface area contributed by atoms with Crippen LogP contribution in [0, 0.1) is 0 Å². The smallest absolute Gasteiger partial charge is 0.410 e. The second kappa shape index (κ2) is 5.37. The monoisotopic (exact) mass is 225 g/mol. The summed E-state index contributed by atoms with van der Waals surface area (Å²) >= 11 is 0. The van der Waals surface area contributed by atoms with Crippen molar-refractivity contribution >= 4 is 6.09 Å². The van der Waals surface area contributed by atoms with Crippen LogP contribution >= 0.6 is 0 Å². The Morgan fingerprint density at radius 3 is 2.62 bits per heavy atom. The van der Waals surface area contributed by atoms with E-state index < -0.39 is 5.60 Å². The number of hydrogen-bond acceptors (Lipinski definition) is 2. The van der Waals surface area contributed by atoms with Crippen LogP contribution in [-0.4, -0.2) is 29.2 Å². The Morgan fingerprint density at radius 2 is 2.06 bits per heavy atom. The molecule has 0 aromatic heterocycles. The third kappa shape index (κ3) is 3.87. The molecule has 1 aliphatic rings. The maximum atomic E-state index is 12.0. The van der Waals surface area contributed by atoms with Crippen LogP contribution in [0.15, 0.2) is 12.2 Å². The Hall–Kier alpha value is -0.990. The predicted molar refractivity (Wildman–Crippen MR) is 65.4 cm³/mol. The molecule has 0 radical (unpaired) electrons. The number of piperidine rings is 1. The Balaban J connectivity index is 2.64. The van der Waals surface area contributed by atoms with Crippen molar-refractivity contribution in [1.29, 1.82) is 0 Å². The van der Waals surface area contributed by atoms with Crippen molar-refractivity contribution in [3.8, 4) is 0 Å². The van der Waals surface area contributed by atoms with Gasteiger partial charge < -0.3 is 9.64 Å². The Bertz CT molecular complexity index is 266. The first kappa shape index (κ1) is 13.1. The van der Waals surface area contributed by atoms with E-state index in [-0.39, 0.29) is 12.1 Å². The van der Waals surface area contributed by atoms with Gasteiger partial charge in [0.05, 0.1) is 6.04 Å². The lowest BCUT2D eigenvalue weighted by Crippen LogP contribution is -2.45. The molecule has 92 valence electrons. The van der Waals surface area contributed by atoms with Crippen LogP contribution in [-0.2, 0) is 4.74 Å². The van der Waals surface area contributed by atoms with E-state index in [4.69, 9.17) is 4.74 Å². The number of ether oxygens (including phenoxy) is 1. The topological polar surface area (TPSA) is 29.5 Å². The van der Waals surface area contributed by atoms with E-state index in [0.29, 0.717) is 0 Å². The van der Waals surface area contributed by atoms with Crippen LogP contribution in [0.4, 0.5) is 4.79 Å². The molecule has 1 amide bonds. The maximum Gasteiger partial charge on any atom is 0.410 e.